The molecular formula is C17H21N3O2. The third kappa shape index (κ3) is 3.95. The Bertz CT molecular complexity index is 603. The van der Waals surface area contributed by atoms with Gasteiger partial charge in [0.1, 0.15) is 0 Å². The summed E-state index contributed by atoms with van der Waals surface area (Å²) in [5.74, 6) is 0.595. The summed E-state index contributed by atoms with van der Waals surface area (Å²) in [6.45, 7) is 1.52. The van der Waals surface area contributed by atoms with Gasteiger partial charge < -0.3 is 9.30 Å². The molecule has 5 nitrogen and oxygen atoms in total. The minimum absolute atomic E-state index is 0.00369. The predicted octanol–water partition coefficient (Wildman–Crippen LogP) is 2.83. The predicted molar refractivity (Wildman–Crippen MR) is 84.6 cm³/mol. The highest BCUT2D eigenvalue weighted by molar-refractivity contribution is 5.89. The number of benzene rings is 1. The van der Waals surface area contributed by atoms with Crippen molar-refractivity contribution >= 4 is 11.9 Å². The second-order valence-corrected chi connectivity index (χ2v) is 5.59. The Kier molecular flexibility index (Phi) is 4.85. The van der Waals surface area contributed by atoms with Gasteiger partial charge in [0.25, 0.3) is 0 Å². The molecule has 1 saturated heterocycles. The summed E-state index contributed by atoms with van der Waals surface area (Å²) in [4.78, 5) is 16.3. The quantitative estimate of drug-likeness (QED) is 0.892. The smallest absolute Gasteiger partial charge is 0.226 e. The summed E-state index contributed by atoms with van der Waals surface area (Å²) in [5, 5.41) is 2.89. The maximum absolute atomic E-state index is 12.1. The van der Waals surface area contributed by atoms with Gasteiger partial charge in [-0.2, -0.15) is 0 Å². The average molecular weight is 299 g/mol. The molecule has 116 valence electrons. The molecule has 1 N–H and O–H groups in total. The van der Waals surface area contributed by atoms with Crippen LogP contribution < -0.4 is 5.32 Å². The lowest BCUT2D eigenvalue weighted by molar-refractivity contribution is -0.116. The molecule has 1 amide bonds. The number of hydrogen-bond donors (Lipinski definition) is 1. The molecule has 1 aliphatic rings. The molecule has 3 rings (SSSR count). The van der Waals surface area contributed by atoms with Gasteiger partial charge in [-0.3, -0.25) is 10.1 Å². The fourth-order valence-electron chi connectivity index (χ4n) is 2.69. The van der Waals surface area contributed by atoms with E-state index in [0.29, 0.717) is 18.9 Å². The number of aromatic nitrogens is 2. The van der Waals surface area contributed by atoms with E-state index < -0.39 is 0 Å². The van der Waals surface area contributed by atoms with Crippen molar-refractivity contribution in [3.63, 3.8) is 0 Å². The SMILES string of the molecule is O=C(CC[C@@H]1CCCO1)Nc1nccn1Cc1ccccc1. The standard InChI is InChI=1S/C17H21N3O2/c21-16(9-8-15-7-4-12-22-15)19-17-18-10-11-20(17)13-14-5-2-1-3-6-14/h1-3,5-6,10-11,15H,4,7-9,12-13H2,(H,18,19,21)/t15-/m0/s1. The van der Waals surface area contributed by atoms with Crippen LogP contribution in [0.3, 0.4) is 0 Å². The summed E-state index contributed by atoms with van der Waals surface area (Å²) in [6, 6.07) is 10.1. The van der Waals surface area contributed by atoms with Gasteiger partial charge in [0.05, 0.1) is 12.6 Å². The zero-order valence-corrected chi connectivity index (χ0v) is 12.6. The van der Waals surface area contributed by atoms with E-state index in [0.717, 1.165) is 25.9 Å². The van der Waals surface area contributed by atoms with E-state index in [1.807, 2.05) is 29.0 Å². The number of amides is 1. The van der Waals surface area contributed by atoms with Crippen LogP contribution in [0.2, 0.25) is 0 Å². The Morgan fingerprint density at radius 1 is 1.36 bits per heavy atom. The molecule has 1 fully saturated rings. The third-order valence-electron chi connectivity index (χ3n) is 3.88. The summed E-state index contributed by atoms with van der Waals surface area (Å²) >= 11 is 0. The molecule has 2 aromatic rings. The van der Waals surface area contributed by atoms with Gasteiger partial charge in [-0.15, -0.1) is 0 Å². The van der Waals surface area contributed by atoms with Crippen molar-refractivity contribution in [1.82, 2.24) is 9.55 Å². The summed E-state index contributed by atoms with van der Waals surface area (Å²) in [7, 11) is 0. The van der Waals surface area contributed by atoms with Gasteiger partial charge in [0.2, 0.25) is 11.9 Å². The fourth-order valence-corrected chi connectivity index (χ4v) is 2.69. The van der Waals surface area contributed by atoms with Gasteiger partial charge in [-0.1, -0.05) is 30.3 Å². The fraction of sp³-hybridized carbons (Fsp3) is 0.412. The van der Waals surface area contributed by atoms with Crippen LogP contribution in [0.15, 0.2) is 42.7 Å². The van der Waals surface area contributed by atoms with E-state index in [1.54, 1.807) is 6.20 Å². The number of imidazole rings is 1. The van der Waals surface area contributed by atoms with Gasteiger partial charge in [0.15, 0.2) is 0 Å². The van der Waals surface area contributed by atoms with E-state index in [2.05, 4.69) is 22.4 Å². The zero-order valence-electron chi connectivity index (χ0n) is 12.6. The molecule has 1 aromatic carbocycles. The molecule has 0 saturated carbocycles. The van der Waals surface area contributed by atoms with Crippen molar-refractivity contribution in [2.24, 2.45) is 0 Å². The lowest BCUT2D eigenvalue weighted by Crippen LogP contribution is -2.18. The highest BCUT2D eigenvalue weighted by Crippen LogP contribution is 2.17. The molecule has 0 aliphatic carbocycles. The number of anilines is 1. The lowest BCUT2D eigenvalue weighted by atomic mass is 10.1. The number of ether oxygens (including phenoxy) is 1. The van der Waals surface area contributed by atoms with Crippen LogP contribution in [0, 0.1) is 0 Å². The van der Waals surface area contributed by atoms with Crippen LogP contribution in [-0.4, -0.2) is 28.2 Å². The van der Waals surface area contributed by atoms with Crippen LogP contribution in [0.5, 0.6) is 0 Å². The number of carbonyl (C=O) groups excluding carboxylic acids is 1. The van der Waals surface area contributed by atoms with Gasteiger partial charge in [0, 0.05) is 25.4 Å². The van der Waals surface area contributed by atoms with Gasteiger partial charge in [-0.05, 0) is 24.8 Å². The van der Waals surface area contributed by atoms with Crippen molar-refractivity contribution in [2.45, 2.75) is 38.3 Å². The average Bonchev–Trinajstić information content (AvgIpc) is 3.19. The van der Waals surface area contributed by atoms with Gasteiger partial charge in [-0.25, -0.2) is 4.98 Å². The topological polar surface area (TPSA) is 56.1 Å². The van der Waals surface area contributed by atoms with E-state index in [-0.39, 0.29) is 12.0 Å². The second kappa shape index (κ2) is 7.22. The highest BCUT2D eigenvalue weighted by atomic mass is 16.5. The zero-order chi connectivity index (χ0) is 15.2. The maximum Gasteiger partial charge on any atom is 0.226 e. The number of hydrogen-bond acceptors (Lipinski definition) is 3. The summed E-state index contributed by atoms with van der Waals surface area (Å²) in [6.07, 6.45) is 7.26. The normalized spacial score (nSPS) is 17.5. The molecule has 0 unspecified atom stereocenters. The van der Waals surface area contributed by atoms with Crippen LogP contribution in [0.25, 0.3) is 0 Å². The first kappa shape index (κ1) is 14.8. The summed E-state index contributed by atoms with van der Waals surface area (Å²) in [5.41, 5.74) is 1.18. The largest absolute Gasteiger partial charge is 0.378 e. The molecule has 0 bridgehead atoms. The van der Waals surface area contributed by atoms with E-state index in [1.165, 1.54) is 5.56 Å². The molecule has 0 radical (unpaired) electrons. The number of rotatable bonds is 6. The Balaban J connectivity index is 1.54. The Morgan fingerprint density at radius 2 is 2.23 bits per heavy atom. The highest BCUT2D eigenvalue weighted by Gasteiger charge is 2.17. The number of nitrogens with one attached hydrogen (secondary N) is 1. The third-order valence-corrected chi connectivity index (χ3v) is 3.88. The Hall–Kier alpha value is -2.14. The maximum atomic E-state index is 12.1. The lowest BCUT2D eigenvalue weighted by Gasteiger charge is -2.11. The van der Waals surface area contributed by atoms with Crippen molar-refractivity contribution in [2.75, 3.05) is 11.9 Å². The van der Waals surface area contributed by atoms with Crippen LogP contribution in [0.1, 0.15) is 31.2 Å². The van der Waals surface area contributed by atoms with Crippen molar-refractivity contribution in [3.8, 4) is 0 Å². The second-order valence-electron chi connectivity index (χ2n) is 5.59. The van der Waals surface area contributed by atoms with Gasteiger partial charge >= 0.3 is 0 Å². The van der Waals surface area contributed by atoms with Crippen LogP contribution in [-0.2, 0) is 16.1 Å². The van der Waals surface area contributed by atoms with Crippen molar-refractivity contribution < 1.29 is 9.53 Å². The van der Waals surface area contributed by atoms with E-state index in [4.69, 9.17) is 4.74 Å². The molecule has 22 heavy (non-hydrogen) atoms. The van der Waals surface area contributed by atoms with Crippen LogP contribution in [0.4, 0.5) is 5.95 Å². The molecule has 5 heteroatoms. The molecule has 1 aliphatic heterocycles. The minimum atomic E-state index is -0.00369. The Morgan fingerprint density at radius 3 is 3.00 bits per heavy atom. The first-order chi connectivity index (χ1) is 10.8. The van der Waals surface area contributed by atoms with Crippen molar-refractivity contribution in [3.05, 3.63) is 48.3 Å². The molecule has 0 spiro atoms. The monoisotopic (exact) mass is 299 g/mol. The molecule has 1 aromatic heterocycles. The first-order valence-electron chi connectivity index (χ1n) is 7.78. The molecule has 1 atom stereocenters. The summed E-state index contributed by atoms with van der Waals surface area (Å²) < 4.78 is 7.48. The molecule has 2 heterocycles. The molecular weight excluding hydrogens is 278 g/mol. The van der Waals surface area contributed by atoms with E-state index >= 15 is 0 Å². The Labute approximate surface area is 130 Å². The number of nitrogens with zero attached hydrogens (tertiary/aromatic N) is 2. The minimum Gasteiger partial charge on any atom is -0.378 e. The van der Waals surface area contributed by atoms with Crippen LogP contribution >= 0.6 is 0 Å². The van der Waals surface area contributed by atoms with E-state index in [9.17, 15) is 4.79 Å². The first-order valence-corrected chi connectivity index (χ1v) is 7.78. The van der Waals surface area contributed by atoms with Crippen molar-refractivity contribution in [1.29, 1.82) is 0 Å². The number of carbonyl (C=O) groups is 1.